The molecule has 0 amide bonds. The largest absolute Gasteiger partial charge is 0.508 e. The molecule has 1 aromatic heterocycles. The quantitative estimate of drug-likeness (QED) is 0.763. The Morgan fingerprint density at radius 2 is 1.65 bits per heavy atom. The van der Waals surface area contributed by atoms with Crippen LogP contribution in [-0.4, -0.2) is 52.9 Å². The van der Waals surface area contributed by atoms with Gasteiger partial charge in [0.2, 0.25) is 11.7 Å². The van der Waals surface area contributed by atoms with Gasteiger partial charge in [-0.05, 0) is 24.3 Å². The molecule has 1 fully saturated rings. The summed E-state index contributed by atoms with van der Waals surface area (Å²) in [4.78, 5) is 9.26. The molecule has 134 valence electrons. The Labute approximate surface area is 152 Å². The number of rotatable bonds is 5. The molecule has 6 nitrogen and oxygen atoms in total. The van der Waals surface area contributed by atoms with Crippen LogP contribution in [0.1, 0.15) is 5.89 Å². The summed E-state index contributed by atoms with van der Waals surface area (Å²) in [6.07, 6.45) is 0.763. The molecule has 3 aromatic rings. The second kappa shape index (κ2) is 7.58. The summed E-state index contributed by atoms with van der Waals surface area (Å²) in [6.45, 7) is 4.87. The van der Waals surface area contributed by atoms with Crippen LogP contribution in [0.2, 0.25) is 0 Å². The van der Waals surface area contributed by atoms with E-state index in [4.69, 9.17) is 4.52 Å². The highest BCUT2D eigenvalue weighted by atomic mass is 16.5. The molecule has 0 saturated carbocycles. The lowest BCUT2D eigenvalue weighted by Gasteiger charge is -2.35. The lowest BCUT2D eigenvalue weighted by molar-refractivity contribution is 0.249. The van der Waals surface area contributed by atoms with Crippen molar-refractivity contribution < 1.29 is 9.63 Å². The van der Waals surface area contributed by atoms with E-state index in [-0.39, 0.29) is 0 Å². The van der Waals surface area contributed by atoms with Crippen LogP contribution in [-0.2, 0) is 6.42 Å². The number of anilines is 1. The number of benzene rings is 2. The number of phenolic OH excluding ortho intramolecular Hbond substituents is 1. The van der Waals surface area contributed by atoms with E-state index in [0.717, 1.165) is 50.4 Å². The van der Waals surface area contributed by atoms with Crippen LogP contribution >= 0.6 is 0 Å². The Morgan fingerprint density at radius 3 is 2.38 bits per heavy atom. The zero-order valence-electron chi connectivity index (χ0n) is 14.6. The molecule has 0 radical (unpaired) electrons. The average molecular weight is 350 g/mol. The summed E-state index contributed by atoms with van der Waals surface area (Å²) in [5.74, 6) is 1.64. The Kier molecular flexibility index (Phi) is 4.84. The fourth-order valence-corrected chi connectivity index (χ4v) is 3.21. The summed E-state index contributed by atoms with van der Waals surface area (Å²) in [6, 6.07) is 17.3. The molecule has 6 heteroatoms. The lowest BCUT2D eigenvalue weighted by atomic mass is 10.2. The molecule has 0 atom stereocenters. The van der Waals surface area contributed by atoms with E-state index >= 15 is 0 Å². The lowest BCUT2D eigenvalue weighted by Crippen LogP contribution is -2.47. The standard InChI is InChI=1S/C20H22N4O2/c25-18-8-6-17(7-9-18)24-14-12-23(13-15-24)11-10-19-21-20(22-26-19)16-4-2-1-3-5-16/h1-9,25H,10-15H2. The number of hydrogen-bond donors (Lipinski definition) is 1. The first-order chi connectivity index (χ1) is 12.8. The molecule has 2 heterocycles. The van der Waals surface area contributed by atoms with Gasteiger partial charge < -0.3 is 14.5 Å². The molecular weight excluding hydrogens is 328 g/mol. The molecule has 1 saturated heterocycles. The van der Waals surface area contributed by atoms with Gasteiger partial charge >= 0.3 is 0 Å². The van der Waals surface area contributed by atoms with Crippen LogP contribution in [0.5, 0.6) is 5.75 Å². The number of nitrogens with zero attached hydrogens (tertiary/aromatic N) is 4. The predicted molar refractivity (Wildman–Crippen MR) is 100 cm³/mol. The van der Waals surface area contributed by atoms with Crippen molar-refractivity contribution in [3.63, 3.8) is 0 Å². The number of hydrogen-bond acceptors (Lipinski definition) is 6. The van der Waals surface area contributed by atoms with Gasteiger partial charge in [-0.2, -0.15) is 4.98 Å². The van der Waals surface area contributed by atoms with Gasteiger partial charge in [-0.15, -0.1) is 0 Å². The maximum absolute atomic E-state index is 9.40. The summed E-state index contributed by atoms with van der Waals surface area (Å²) in [5, 5.41) is 13.5. The van der Waals surface area contributed by atoms with Crippen molar-refractivity contribution in [3.05, 3.63) is 60.5 Å². The molecule has 1 aliphatic heterocycles. The van der Waals surface area contributed by atoms with E-state index in [9.17, 15) is 5.11 Å². The van der Waals surface area contributed by atoms with Crippen LogP contribution in [0.25, 0.3) is 11.4 Å². The van der Waals surface area contributed by atoms with E-state index in [1.54, 1.807) is 12.1 Å². The first-order valence-electron chi connectivity index (χ1n) is 8.92. The van der Waals surface area contributed by atoms with Crippen molar-refractivity contribution in [1.82, 2.24) is 15.0 Å². The van der Waals surface area contributed by atoms with Crippen LogP contribution in [0.4, 0.5) is 5.69 Å². The van der Waals surface area contributed by atoms with Crippen LogP contribution in [0, 0.1) is 0 Å². The minimum atomic E-state index is 0.307. The third kappa shape index (κ3) is 3.86. The molecule has 0 aliphatic carbocycles. The van der Waals surface area contributed by atoms with E-state index in [0.29, 0.717) is 17.5 Å². The monoisotopic (exact) mass is 350 g/mol. The van der Waals surface area contributed by atoms with E-state index in [2.05, 4.69) is 19.9 Å². The molecule has 0 spiro atoms. The molecule has 2 aromatic carbocycles. The fourth-order valence-electron chi connectivity index (χ4n) is 3.21. The van der Waals surface area contributed by atoms with E-state index in [1.165, 1.54) is 0 Å². The zero-order chi connectivity index (χ0) is 17.8. The van der Waals surface area contributed by atoms with E-state index < -0.39 is 0 Å². The Bertz CT molecular complexity index is 825. The van der Waals surface area contributed by atoms with E-state index in [1.807, 2.05) is 42.5 Å². The number of piperazine rings is 1. The molecule has 1 N–H and O–H groups in total. The summed E-state index contributed by atoms with van der Waals surface area (Å²) >= 11 is 0. The highest BCUT2D eigenvalue weighted by Crippen LogP contribution is 2.20. The van der Waals surface area contributed by atoms with Crippen molar-refractivity contribution in [1.29, 1.82) is 0 Å². The van der Waals surface area contributed by atoms with Gasteiger partial charge in [0.15, 0.2) is 0 Å². The maximum atomic E-state index is 9.40. The third-order valence-electron chi connectivity index (χ3n) is 4.73. The zero-order valence-corrected chi connectivity index (χ0v) is 14.6. The van der Waals surface area contributed by atoms with Gasteiger partial charge in [0.1, 0.15) is 5.75 Å². The maximum Gasteiger partial charge on any atom is 0.228 e. The topological polar surface area (TPSA) is 65.6 Å². The summed E-state index contributed by atoms with van der Waals surface area (Å²) in [5.41, 5.74) is 2.14. The second-order valence-electron chi connectivity index (χ2n) is 6.47. The van der Waals surface area contributed by atoms with Crippen molar-refractivity contribution in [2.24, 2.45) is 0 Å². The highest BCUT2D eigenvalue weighted by Gasteiger charge is 2.18. The van der Waals surface area contributed by atoms with Gasteiger partial charge in [-0.3, -0.25) is 4.90 Å². The van der Waals surface area contributed by atoms with Crippen molar-refractivity contribution in [3.8, 4) is 17.1 Å². The van der Waals surface area contributed by atoms with Crippen molar-refractivity contribution in [2.75, 3.05) is 37.6 Å². The molecule has 4 rings (SSSR count). The first kappa shape index (κ1) is 16.6. The van der Waals surface area contributed by atoms with Gasteiger partial charge in [0, 0.05) is 50.4 Å². The van der Waals surface area contributed by atoms with Crippen molar-refractivity contribution >= 4 is 5.69 Å². The third-order valence-corrected chi connectivity index (χ3v) is 4.73. The summed E-state index contributed by atoms with van der Waals surface area (Å²) < 4.78 is 5.39. The molecule has 0 bridgehead atoms. The van der Waals surface area contributed by atoms with Gasteiger partial charge in [0.25, 0.3) is 0 Å². The molecule has 0 unspecified atom stereocenters. The minimum absolute atomic E-state index is 0.307. The molecule has 26 heavy (non-hydrogen) atoms. The first-order valence-corrected chi connectivity index (χ1v) is 8.92. The Hall–Kier alpha value is -2.86. The van der Waals surface area contributed by atoms with Crippen LogP contribution in [0.3, 0.4) is 0 Å². The number of aromatic hydroxyl groups is 1. The SMILES string of the molecule is Oc1ccc(N2CCN(CCc3nc(-c4ccccc4)no3)CC2)cc1. The summed E-state index contributed by atoms with van der Waals surface area (Å²) in [7, 11) is 0. The number of aromatic nitrogens is 2. The second-order valence-corrected chi connectivity index (χ2v) is 6.47. The molecule has 1 aliphatic rings. The number of phenols is 1. The highest BCUT2D eigenvalue weighted by molar-refractivity contribution is 5.53. The smallest absolute Gasteiger partial charge is 0.228 e. The Morgan fingerprint density at radius 1 is 0.923 bits per heavy atom. The van der Waals surface area contributed by atoms with Crippen LogP contribution < -0.4 is 4.90 Å². The van der Waals surface area contributed by atoms with Crippen molar-refractivity contribution in [2.45, 2.75) is 6.42 Å². The van der Waals surface area contributed by atoms with Gasteiger partial charge in [-0.1, -0.05) is 35.5 Å². The molecular formula is C20H22N4O2. The Balaban J connectivity index is 1.27. The van der Waals surface area contributed by atoms with Crippen LogP contribution in [0.15, 0.2) is 59.1 Å². The predicted octanol–water partition coefficient (Wildman–Crippen LogP) is 2.81. The van der Waals surface area contributed by atoms with Gasteiger partial charge in [0.05, 0.1) is 0 Å². The normalized spacial score (nSPS) is 15.3. The minimum Gasteiger partial charge on any atom is -0.508 e. The van der Waals surface area contributed by atoms with Gasteiger partial charge in [-0.25, -0.2) is 0 Å². The average Bonchev–Trinajstić information content (AvgIpc) is 3.17. The fraction of sp³-hybridized carbons (Fsp3) is 0.300.